The van der Waals surface area contributed by atoms with Crippen molar-refractivity contribution in [1.29, 1.82) is 0 Å². The molecule has 5 nitrogen and oxygen atoms in total. The summed E-state index contributed by atoms with van der Waals surface area (Å²) in [6, 6.07) is 4.89. The normalized spacial score (nSPS) is 20.2. The summed E-state index contributed by atoms with van der Waals surface area (Å²) in [5, 5.41) is 11.7. The van der Waals surface area contributed by atoms with Crippen molar-refractivity contribution in [2.45, 2.75) is 18.9 Å². The highest BCUT2D eigenvalue weighted by molar-refractivity contribution is 5.99. The largest absolute Gasteiger partial charge is 0.481 e. The van der Waals surface area contributed by atoms with Crippen LogP contribution in [0.25, 0.3) is 0 Å². The standard InChI is InChI=1S/C13H15FN2O3/c14-9-2-4-10(5-3-9)16-7-1-6-15-11(13(16)19)8-12(17)18/h2-5,11,15H,1,6-8H2,(H,17,18). The van der Waals surface area contributed by atoms with E-state index in [0.29, 0.717) is 18.8 Å². The van der Waals surface area contributed by atoms with E-state index >= 15 is 0 Å². The van der Waals surface area contributed by atoms with Gasteiger partial charge in [0, 0.05) is 12.2 Å². The molecule has 0 saturated carbocycles. The number of nitrogens with zero attached hydrogens (tertiary/aromatic N) is 1. The van der Waals surface area contributed by atoms with Crippen molar-refractivity contribution in [3.05, 3.63) is 30.1 Å². The second-order valence-corrected chi connectivity index (χ2v) is 4.42. The molecule has 1 saturated heterocycles. The number of hydrogen-bond acceptors (Lipinski definition) is 3. The number of hydrogen-bond donors (Lipinski definition) is 2. The highest BCUT2D eigenvalue weighted by atomic mass is 19.1. The molecule has 6 heteroatoms. The van der Waals surface area contributed by atoms with Crippen molar-refractivity contribution in [2.24, 2.45) is 0 Å². The first kappa shape index (κ1) is 13.5. The van der Waals surface area contributed by atoms with Crippen LogP contribution in [0.5, 0.6) is 0 Å². The van der Waals surface area contributed by atoms with E-state index in [1.165, 1.54) is 29.2 Å². The third-order valence-corrected chi connectivity index (χ3v) is 3.03. The summed E-state index contributed by atoms with van der Waals surface area (Å²) in [5.74, 6) is -1.68. The molecule has 1 atom stereocenters. The van der Waals surface area contributed by atoms with Crippen molar-refractivity contribution < 1.29 is 19.1 Å². The summed E-state index contributed by atoms with van der Waals surface area (Å²) in [6.45, 7) is 1.08. The zero-order chi connectivity index (χ0) is 13.8. The van der Waals surface area contributed by atoms with Crippen molar-refractivity contribution >= 4 is 17.6 Å². The summed E-state index contributed by atoms with van der Waals surface area (Å²) < 4.78 is 12.9. The van der Waals surface area contributed by atoms with Crippen molar-refractivity contribution in [2.75, 3.05) is 18.0 Å². The van der Waals surface area contributed by atoms with Gasteiger partial charge in [-0.25, -0.2) is 4.39 Å². The average molecular weight is 266 g/mol. The van der Waals surface area contributed by atoms with Gasteiger partial charge in [-0.05, 0) is 37.2 Å². The first-order chi connectivity index (χ1) is 9.08. The molecule has 1 aliphatic heterocycles. The molecule has 1 heterocycles. The van der Waals surface area contributed by atoms with E-state index in [9.17, 15) is 14.0 Å². The number of amides is 1. The highest BCUT2D eigenvalue weighted by Crippen LogP contribution is 2.18. The van der Waals surface area contributed by atoms with Crippen LogP contribution in [-0.4, -0.2) is 36.1 Å². The Balaban J connectivity index is 2.20. The van der Waals surface area contributed by atoms with Crippen LogP contribution in [0.2, 0.25) is 0 Å². The second-order valence-electron chi connectivity index (χ2n) is 4.42. The van der Waals surface area contributed by atoms with Gasteiger partial charge >= 0.3 is 5.97 Å². The SMILES string of the molecule is O=C(O)CC1NCCCN(c2ccc(F)cc2)C1=O. The lowest BCUT2D eigenvalue weighted by atomic mass is 10.1. The Morgan fingerprint density at radius 1 is 1.42 bits per heavy atom. The van der Waals surface area contributed by atoms with Gasteiger partial charge < -0.3 is 15.3 Å². The maximum atomic E-state index is 12.9. The molecule has 0 aromatic heterocycles. The average Bonchev–Trinajstić information content (AvgIpc) is 2.54. The van der Waals surface area contributed by atoms with E-state index in [-0.39, 0.29) is 18.1 Å². The van der Waals surface area contributed by atoms with Gasteiger partial charge in [0.05, 0.1) is 12.5 Å². The summed E-state index contributed by atoms with van der Waals surface area (Å²) in [5.41, 5.74) is 0.588. The molecule has 1 aromatic carbocycles. The molecular formula is C13H15FN2O3. The molecule has 1 amide bonds. The molecule has 2 N–H and O–H groups in total. The zero-order valence-electron chi connectivity index (χ0n) is 10.3. The Morgan fingerprint density at radius 2 is 2.11 bits per heavy atom. The van der Waals surface area contributed by atoms with E-state index < -0.39 is 12.0 Å². The Morgan fingerprint density at radius 3 is 2.74 bits per heavy atom. The van der Waals surface area contributed by atoms with Crippen molar-refractivity contribution in [1.82, 2.24) is 5.32 Å². The number of carboxylic acid groups (broad SMARTS) is 1. The Kier molecular flexibility index (Phi) is 4.11. The number of nitrogens with one attached hydrogen (secondary N) is 1. The minimum Gasteiger partial charge on any atom is -0.481 e. The maximum absolute atomic E-state index is 12.9. The lowest BCUT2D eigenvalue weighted by molar-refractivity contribution is -0.139. The molecule has 102 valence electrons. The Hall–Kier alpha value is -1.95. The van der Waals surface area contributed by atoms with E-state index in [0.717, 1.165) is 6.42 Å². The molecule has 1 unspecified atom stereocenters. The fourth-order valence-electron chi connectivity index (χ4n) is 2.11. The predicted molar refractivity (Wildman–Crippen MR) is 67.4 cm³/mol. The summed E-state index contributed by atoms with van der Waals surface area (Å²) in [6.07, 6.45) is 0.468. The van der Waals surface area contributed by atoms with Gasteiger partial charge in [-0.15, -0.1) is 0 Å². The number of carboxylic acids is 1. The number of rotatable bonds is 3. The number of carbonyl (C=O) groups is 2. The van der Waals surface area contributed by atoms with E-state index in [1.54, 1.807) is 0 Å². The molecule has 1 aromatic rings. The van der Waals surface area contributed by atoms with Crippen LogP contribution in [0.1, 0.15) is 12.8 Å². The number of anilines is 1. The Bertz CT molecular complexity index is 475. The van der Waals surface area contributed by atoms with Gasteiger partial charge in [0.1, 0.15) is 5.82 Å². The molecule has 0 bridgehead atoms. The maximum Gasteiger partial charge on any atom is 0.305 e. The molecule has 0 spiro atoms. The van der Waals surface area contributed by atoms with Crippen LogP contribution in [-0.2, 0) is 9.59 Å². The number of carbonyl (C=O) groups excluding carboxylic acids is 1. The Labute approximate surface area is 110 Å². The quantitative estimate of drug-likeness (QED) is 0.856. The monoisotopic (exact) mass is 266 g/mol. The van der Waals surface area contributed by atoms with Gasteiger partial charge in [-0.1, -0.05) is 0 Å². The lowest BCUT2D eigenvalue weighted by Gasteiger charge is -2.23. The fourth-order valence-corrected chi connectivity index (χ4v) is 2.11. The molecule has 1 fully saturated rings. The smallest absolute Gasteiger partial charge is 0.305 e. The van der Waals surface area contributed by atoms with Crippen molar-refractivity contribution in [3.8, 4) is 0 Å². The number of halogens is 1. The number of aliphatic carboxylic acids is 1. The zero-order valence-corrected chi connectivity index (χ0v) is 10.3. The summed E-state index contributed by atoms with van der Waals surface area (Å²) in [4.78, 5) is 24.5. The van der Waals surface area contributed by atoms with E-state index in [2.05, 4.69) is 5.32 Å². The third-order valence-electron chi connectivity index (χ3n) is 3.03. The first-order valence-corrected chi connectivity index (χ1v) is 6.10. The van der Waals surface area contributed by atoms with Crippen LogP contribution in [0, 0.1) is 5.82 Å². The van der Waals surface area contributed by atoms with Gasteiger partial charge in [0.15, 0.2) is 0 Å². The molecule has 0 aliphatic carbocycles. The van der Waals surface area contributed by atoms with Crippen LogP contribution < -0.4 is 10.2 Å². The molecule has 19 heavy (non-hydrogen) atoms. The summed E-state index contributed by atoms with van der Waals surface area (Å²) >= 11 is 0. The van der Waals surface area contributed by atoms with E-state index in [1.807, 2.05) is 0 Å². The van der Waals surface area contributed by atoms with E-state index in [4.69, 9.17) is 5.11 Å². The van der Waals surface area contributed by atoms with Crippen LogP contribution in [0.15, 0.2) is 24.3 Å². The van der Waals surface area contributed by atoms with Gasteiger partial charge in [0.25, 0.3) is 0 Å². The minimum atomic E-state index is -1.02. The second kappa shape index (κ2) is 5.79. The summed E-state index contributed by atoms with van der Waals surface area (Å²) in [7, 11) is 0. The fraction of sp³-hybridized carbons (Fsp3) is 0.385. The number of benzene rings is 1. The van der Waals surface area contributed by atoms with Crippen molar-refractivity contribution in [3.63, 3.8) is 0 Å². The van der Waals surface area contributed by atoms with Crippen LogP contribution in [0.3, 0.4) is 0 Å². The molecule has 2 rings (SSSR count). The molecule has 0 radical (unpaired) electrons. The minimum absolute atomic E-state index is 0.253. The molecular weight excluding hydrogens is 251 g/mol. The van der Waals surface area contributed by atoms with Gasteiger partial charge in [-0.3, -0.25) is 9.59 Å². The first-order valence-electron chi connectivity index (χ1n) is 6.10. The lowest BCUT2D eigenvalue weighted by Crippen LogP contribution is -2.44. The van der Waals surface area contributed by atoms with Crippen LogP contribution >= 0.6 is 0 Å². The topological polar surface area (TPSA) is 69.6 Å². The van der Waals surface area contributed by atoms with Crippen LogP contribution in [0.4, 0.5) is 10.1 Å². The third kappa shape index (κ3) is 3.29. The van der Waals surface area contributed by atoms with Gasteiger partial charge in [0.2, 0.25) is 5.91 Å². The van der Waals surface area contributed by atoms with Gasteiger partial charge in [-0.2, -0.15) is 0 Å². The highest BCUT2D eigenvalue weighted by Gasteiger charge is 2.29. The predicted octanol–water partition coefficient (Wildman–Crippen LogP) is 0.995. The molecule has 1 aliphatic rings.